The lowest BCUT2D eigenvalue weighted by molar-refractivity contribution is -0.00212. The highest BCUT2D eigenvalue weighted by Gasteiger charge is 2.31. The number of rotatable bonds is 3. The summed E-state index contributed by atoms with van der Waals surface area (Å²) in [6, 6.07) is 8.01. The molecule has 0 radical (unpaired) electrons. The number of fused-ring (bicyclic) bond motifs is 1. The van der Waals surface area contributed by atoms with Crippen LogP contribution in [0.2, 0.25) is 0 Å². The zero-order valence-corrected chi connectivity index (χ0v) is 12.1. The van der Waals surface area contributed by atoms with Crippen molar-refractivity contribution in [3.05, 3.63) is 42.2 Å². The molecule has 1 heterocycles. The molecule has 0 spiro atoms. The van der Waals surface area contributed by atoms with Crippen LogP contribution in [-0.2, 0) is 4.74 Å². The number of pyridine rings is 1. The second-order valence-electron chi connectivity index (χ2n) is 5.99. The Morgan fingerprint density at radius 1 is 1.21 bits per heavy atom. The van der Waals surface area contributed by atoms with Crippen molar-refractivity contribution >= 4 is 10.8 Å². The number of ether oxygens (including phenoxy) is 1. The third-order valence-electron chi connectivity index (χ3n) is 3.51. The van der Waals surface area contributed by atoms with Crippen LogP contribution in [0.1, 0.15) is 32.4 Å². The van der Waals surface area contributed by atoms with Gasteiger partial charge < -0.3 is 10.5 Å². The van der Waals surface area contributed by atoms with Crippen LogP contribution in [0.4, 0.5) is 0 Å². The van der Waals surface area contributed by atoms with Crippen LogP contribution in [-0.4, -0.2) is 18.2 Å². The lowest BCUT2D eigenvalue weighted by atomic mass is 9.81. The van der Waals surface area contributed by atoms with E-state index in [2.05, 4.69) is 37.9 Å². The maximum atomic E-state index is 6.45. The van der Waals surface area contributed by atoms with E-state index in [-0.39, 0.29) is 17.6 Å². The van der Waals surface area contributed by atoms with E-state index in [1.54, 1.807) is 13.3 Å². The zero-order chi connectivity index (χ0) is 14.0. The first kappa shape index (κ1) is 14.0. The van der Waals surface area contributed by atoms with E-state index in [0.29, 0.717) is 0 Å². The van der Waals surface area contributed by atoms with Gasteiger partial charge >= 0.3 is 0 Å². The molecule has 2 atom stereocenters. The van der Waals surface area contributed by atoms with E-state index in [9.17, 15) is 0 Å². The van der Waals surface area contributed by atoms with Crippen molar-refractivity contribution in [2.45, 2.75) is 32.9 Å². The molecule has 3 heteroatoms. The summed E-state index contributed by atoms with van der Waals surface area (Å²) in [7, 11) is 1.72. The molecule has 1 aromatic carbocycles. The molecule has 0 saturated heterocycles. The van der Waals surface area contributed by atoms with Gasteiger partial charge in [-0.05, 0) is 22.4 Å². The second kappa shape index (κ2) is 5.27. The quantitative estimate of drug-likeness (QED) is 0.919. The number of methoxy groups -OCH3 is 1. The fourth-order valence-corrected chi connectivity index (χ4v) is 2.63. The van der Waals surface area contributed by atoms with Crippen molar-refractivity contribution in [1.29, 1.82) is 0 Å². The third-order valence-corrected chi connectivity index (χ3v) is 3.51. The Hall–Kier alpha value is -1.45. The molecule has 0 amide bonds. The largest absolute Gasteiger partial charge is 0.379 e. The molecule has 102 valence electrons. The Kier molecular flexibility index (Phi) is 3.88. The predicted octanol–water partition coefficient (Wildman–Crippen LogP) is 3.30. The number of hydrogen-bond acceptors (Lipinski definition) is 3. The van der Waals surface area contributed by atoms with Crippen LogP contribution in [0, 0.1) is 5.41 Å². The van der Waals surface area contributed by atoms with Gasteiger partial charge in [-0.15, -0.1) is 0 Å². The maximum Gasteiger partial charge on any atom is 0.0812 e. The Labute approximate surface area is 114 Å². The highest BCUT2D eigenvalue weighted by Crippen LogP contribution is 2.33. The fraction of sp³-hybridized carbons (Fsp3) is 0.438. The van der Waals surface area contributed by atoms with Crippen LogP contribution >= 0.6 is 0 Å². The van der Waals surface area contributed by atoms with Crippen LogP contribution < -0.4 is 5.73 Å². The highest BCUT2D eigenvalue weighted by molar-refractivity contribution is 5.85. The van der Waals surface area contributed by atoms with Gasteiger partial charge in [0.15, 0.2) is 0 Å². The molecule has 2 N–H and O–H groups in total. The Bertz CT molecular complexity index is 555. The van der Waals surface area contributed by atoms with Crippen molar-refractivity contribution in [3.8, 4) is 0 Å². The summed E-state index contributed by atoms with van der Waals surface area (Å²) >= 11 is 0. The predicted molar refractivity (Wildman–Crippen MR) is 78.9 cm³/mol. The molecule has 0 fully saturated rings. The normalized spacial score (nSPS) is 15.4. The molecule has 0 aliphatic heterocycles. The zero-order valence-electron chi connectivity index (χ0n) is 12.1. The summed E-state index contributed by atoms with van der Waals surface area (Å²) in [4.78, 5) is 4.21. The van der Waals surface area contributed by atoms with Gasteiger partial charge in [0, 0.05) is 24.9 Å². The fourth-order valence-electron chi connectivity index (χ4n) is 2.63. The minimum atomic E-state index is -0.169. The summed E-state index contributed by atoms with van der Waals surface area (Å²) in [6.45, 7) is 6.43. The van der Waals surface area contributed by atoms with Crippen molar-refractivity contribution in [3.63, 3.8) is 0 Å². The van der Waals surface area contributed by atoms with Gasteiger partial charge in [0.05, 0.1) is 12.1 Å². The third kappa shape index (κ3) is 2.77. The van der Waals surface area contributed by atoms with Crippen molar-refractivity contribution in [1.82, 2.24) is 4.98 Å². The first-order chi connectivity index (χ1) is 8.95. The second-order valence-corrected chi connectivity index (χ2v) is 5.99. The molecule has 0 bridgehead atoms. The minimum absolute atomic E-state index is 0.0153. The van der Waals surface area contributed by atoms with Gasteiger partial charge in [-0.25, -0.2) is 0 Å². The smallest absolute Gasteiger partial charge is 0.0812 e. The highest BCUT2D eigenvalue weighted by atomic mass is 16.5. The monoisotopic (exact) mass is 258 g/mol. The van der Waals surface area contributed by atoms with Crippen molar-refractivity contribution in [2.75, 3.05) is 7.11 Å². The van der Waals surface area contributed by atoms with E-state index in [1.807, 2.05) is 18.3 Å². The van der Waals surface area contributed by atoms with E-state index < -0.39 is 0 Å². The summed E-state index contributed by atoms with van der Waals surface area (Å²) in [5.74, 6) is 0. The van der Waals surface area contributed by atoms with Gasteiger partial charge in [-0.1, -0.05) is 39.0 Å². The van der Waals surface area contributed by atoms with Gasteiger partial charge in [-0.3, -0.25) is 4.98 Å². The van der Waals surface area contributed by atoms with E-state index >= 15 is 0 Å². The minimum Gasteiger partial charge on any atom is -0.379 e. The maximum absolute atomic E-state index is 6.45. The molecule has 3 nitrogen and oxygen atoms in total. The number of nitrogens with zero attached hydrogens (tertiary/aromatic N) is 1. The molecule has 2 aromatic rings. The number of nitrogens with two attached hydrogens (primary N) is 1. The lowest BCUT2D eigenvalue weighted by Crippen LogP contribution is -2.38. The van der Waals surface area contributed by atoms with Crippen molar-refractivity contribution in [2.24, 2.45) is 11.1 Å². The average Bonchev–Trinajstić information content (AvgIpc) is 2.37. The van der Waals surface area contributed by atoms with Gasteiger partial charge in [-0.2, -0.15) is 0 Å². The van der Waals surface area contributed by atoms with E-state index in [0.717, 1.165) is 16.3 Å². The van der Waals surface area contributed by atoms with Gasteiger partial charge in [0.2, 0.25) is 0 Å². The summed E-state index contributed by atoms with van der Waals surface area (Å²) in [6.07, 6.45) is 3.63. The summed E-state index contributed by atoms with van der Waals surface area (Å²) in [5, 5.41) is 2.26. The number of aromatic nitrogens is 1. The van der Waals surface area contributed by atoms with Gasteiger partial charge in [0.1, 0.15) is 0 Å². The van der Waals surface area contributed by atoms with E-state index in [1.165, 1.54) is 0 Å². The molecule has 0 aliphatic carbocycles. The van der Waals surface area contributed by atoms with Crippen molar-refractivity contribution < 1.29 is 4.74 Å². The standard InChI is InChI=1S/C16H22N2O/c1-16(2,3)15(19-4)14(17)12-7-5-6-11-8-9-18-10-13(11)12/h5-10,14-15H,17H2,1-4H3. The number of benzene rings is 1. The molecule has 19 heavy (non-hydrogen) atoms. The van der Waals surface area contributed by atoms with E-state index in [4.69, 9.17) is 10.5 Å². The molecule has 2 rings (SSSR count). The van der Waals surface area contributed by atoms with Crippen LogP contribution in [0.5, 0.6) is 0 Å². The SMILES string of the molecule is COC(C(N)c1cccc2ccncc12)C(C)(C)C. The lowest BCUT2D eigenvalue weighted by Gasteiger charge is -2.34. The molecular weight excluding hydrogens is 236 g/mol. The molecule has 0 aliphatic rings. The van der Waals surface area contributed by atoms with Gasteiger partial charge in [0.25, 0.3) is 0 Å². The Balaban J connectivity index is 2.49. The number of hydrogen-bond donors (Lipinski definition) is 1. The first-order valence-electron chi connectivity index (χ1n) is 6.56. The molecule has 1 aromatic heterocycles. The van der Waals surface area contributed by atoms with Crippen LogP contribution in [0.25, 0.3) is 10.8 Å². The first-order valence-corrected chi connectivity index (χ1v) is 6.56. The molecular formula is C16H22N2O. The van der Waals surface area contributed by atoms with Crippen LogP contribution in [0.15, 0.2) is 36.7 Å². The Morgan fingerprint density at radius 3 is 2.58 bits per heavy atom. The molecule has 2 unspecified atom stereocenters. The Morgan fingerprint density at radius 2 is 1.95 bits per heavy atom. The average molecular weight is 258 g/mol. The molecule has 0 saturated carbocycles. The van der Waals surface area contributed by atoms with Crippen LogP contribution in [0.3, 0.4) is 0 Å². The summed E-state index contributed by atoms with van der Waals surface area (Å²) in [5.41, 5.74) is 7.52. The summed E-state index contributed by atoms with van der Waals surface area (Å²) < 4.78 is 5.63. The topological polar surface area (TPSA) is 48.1 Å².